The molecule has 0 fully saturated rings. The number of hydrogen-bond donors (Lipinski definition) is 0. The molecule has 0 saturated heterocycles. The molecular formula is C67H112O6. The molecule has 73 heavy (non-hydrogen) atoms. The summed E-state index contributed by atoms with van der Waals surface area (Å²) in [6, 6.07) is 0. The smallest absolute Gasteiger partial charge is 0.306 e. The number of rotatable bonds is 54. The van der Waals surface area contributed by atoms with Crippen LogP contribution in [0.4, 0.5) is 0 Å². The highest BCUT2D eigenvalue weighted by molar-refractivity contribution is 5.71. The zero-order valence-electron chi connectivity index (χ0n) is 47.6. The molecule has 0 amide bonds. The fourth-order valence-corrected chi connectivity index (χ4v) is 8.28. The molecule has 0 N–H and O–H groups in total. The molecule has 416 valence electrons. The van der Waals surface area contributed by atoms with Crippen LogP contribution in [0.1, 0.15) is 278 Å². The van der Waals surface area contributed by atoms with Gasteiger partial charge in [-0.2, -0.15) is 0 Å². The van der Waals surface area contributed by atoms with Crippen LogP contribution in [0.25, 0.3) is 0 Å². The summed E-state index contributed by atoms with van der Waals surface area (Å²) in [6.45, 7) is 6.33. The minimum absolute atomic E-state index is 0.0833. The van der Waals surface area contributed by atoms with Crippen molar-refractivity contribution < 1.29 is 28.6 Å². The van der Waals surface area contributed by atoms with Crippen molar-refractivity contribution >= 4 is 17.9 Å². The zero-order valence-corrected chi connectivity index (χ0v) is 47.6. The molecule has 0 aromatic rings. The third kappa shape index (κ3) is 58.8. The third-order valence-electron chi connectivity index (χ3n) is 12.8. The molecule has 0 saturated carbocycles. The molecule has 0 bridgehead atoms. The van der Waals surface area contributed by atoms with Crippen LogP contribution in [0.3, 0.4) is 0 Å². The van der Waals surface area contributed by atoms with Crippen LogP contribution in [-0.4, -0.2) is 37.2 Å². The second kappa shape index (κ2) is 60.6. The first-order chi connectivity index (χ1) is 36.0. The third-order valence-corrected chi connectivity index (χ3v) is 12.8. The number of unbranched alkanes of at least 4 members (excludes halogenated alkanes) is 25. The van der Waals surface area contributed by atoms with Gasteiger partial charge in [0, 0.05) is 19.3 Å². The van der Waals surface area contributed by atoms with Crippen LogP contribution in [0.5, 0.6) is 0 Å². The highest BCUT2D eigenvalue weighted by Crippen LogP contribution is 2.16. The van der Waals surface area contributed by atoms with Crippen LogP contribution in [0, 0.1) is 0 Å². The van der Waals surface area contributed by atoms with Gasteiger partial charge in [0.25, 0.3) is 0 Å². The van der Waals surface area contributed by atoms with Gasteiger partial charge in [0.2, 0.25) is 0 Å². The van der Waals surface area contributed by atoms with E-state index in [1.165, 1.54) is 103 Å². The number of allylic oxidation sites excluding steroid dienone is 18. The van der Waals surface area contributed by atoms with E-state index in [2.05, 4.69) is 130 Å². The van der Waals surface area contributed by atoms with Gasteiger partial charge < -0.3 is 14.2 Å². The van der Waals surface area contributed by atoms with E-state index in [1.807, 2.05) is 0 Å². The fraction of sp³-hybridized carbons (Fsp3) is 0.687. The first-order valence-corrected chi connectivity index (χ1v) is 30.4. The summed E-state index contributed by atoms with van der Waals surface area (Å²) in [6.07, 6.45) is 82.8. The van der Waals surface area contributed by atoms with Crippen LogP contribution >= 0.6 is 0 Å². The summed E-state index contributed by atoms with van der Waals surface area (Å²) in [4.78, 5) is 37.9. The van der Waals surface area contributed by atoms with Crippen LogP contribution < -0.4 is 0 Å². The molecule has 0 rings (SSSR count). The average molecular weight is 1010 g/mol. The van der Waals surface area contributed by atoms with E-state index < -0.39 is 6.10 Å². The van der Waals surface area contributed by atoms with Crippen molar-refractivity contribution in [3.05, 3.63) is 109 Å². The standard InChI is InChI=1S/C67H112O6/c1-4-7-10-13-15-17-19-21-23-25-27-28-29-30-31-32-33-34-35-36-37-38-40-41-43-45-47-49-51-54-57-60-66(69)72-63-64(62-71-65(68)59-56-53-12-9-6-3)73-67(70)61-58-55-52-50-48-46-44-42-39-26-24-22-20-18-16-14-11-8-5-2/h7-8,10-11,15-18,21-24,27-28,30-31,39,42,64H,4-6,9,12-14,19-20,25-26,29,32-38,40-41,43-63H2,1-3H3/b10-7-,11-8-,17-15-,18-16-,23-21-,24-22-,28-27-,31-30-,42-39-. The van der Waals surface area contributed by atoms with Crippen molar-refractivity contribution in [3.63, 3.8) is 0 Å². The highest BCUT2D eigenvalue weighted by atomic mass is 16.6. The quantitative estimate of drug-likeness (QED) is 0.0261. The molecule has 0 aliphatic rings. The Morgan fingerprint density at radius 2 is 0.534 bits per heavy atom. The molecule has 1 unspecified atom stereocenters. The average Bonchev–Trinajstić information content (AvgIpc) is 3.39. The van der Waals surface area contributed by atoms with Crippen molar-refractivity contribution in [1.29, 1.82) is 0 Å². The molecule has 0 radical (unpaired) electrons. The SMILES string of the molecule is CC/C=C\C/C=C\C/C=C\C/C=C\C/C=C\CCCCCCCCCCCCCCCCCC(=O)OCC(COC(=O)CCCCCCC)OC(=O)CCCCCCCC/C=C\C/C=C\C/C=C\C/C=C\CC. The van der Waals surface area contributed by atoms with Crippen molar-refractivity contribution in [2.45, 2.75) is 284 Å². The predicted molar refractivity (Wildman–Crippen MR) is 316 cm³/mol. The molecule has 6 nitrogen and oxygen atoms in total. The van der Waals surface area contributed by atoms with Gasteiger partial charge in [-0.15, -0.1) is 0 Å². The maximum Gasteiger partial charge on any atom is 0.306 e. The van der Waals surface area contributed by atoms with Crippen LogP contribution in [-0.2, 0) is 28.6 Å². The lowest BCUT2D eigenvalue weighted by molar-refractivity contribution is -0.167. The number of ether oxygens (including phenoxy) is 3. The Hall–Kier alpha value is -3.93. The van der Waals surface area contributed by atoms with Gasteiger partial charge >= 0.3 is 17.9 Å². The second-order valence-electron chi connectivity index (χ2n) is 19.9. The van der Waals surface area contributed by atoms with Gasteiger partial charge in [-0.3, -0.25) is 14.4 Å². The Balaban J connectivity index is 4.03. The van der Waals surface area contributed by atoms with E-state index >= 15 is 0 Å². The predicted octanol–water partition coefficient (Wildman–Crippen LogP) is 20.7. The van der Waals surface area contributed by atoms with Crippen LogP contribution in [0.15, 0.2) is 109 Å². The number of esters is 3. The first kappa shape index (κ1) is 69.1. The van der Waals surface area contributed by atoms with E-state index in [1.54, 1.807) is 0 Å². The minimum atomic E-state index is -0.782. The van der Waals surface area contributed by atoms with E-state index in [0.717, 1.165) is 135 Å². The Kier molecular flexibility index (Phi) is 57.4. The molecule has 0 aromatic heterocycles. The normalized spacial score (nSPS) is 12.9. The van der Waals surface area contributed by atoms with Gasteiger partial charge in [-0.1, -0.05) is 265 Å². The Labute approximate surface area is 450 Å². The van der Waals surface area contributed by atoms with Crippen LogP contribution in [0.2, 0.25) is 0 Å². The van der Waals surface area contributed by atoms with E-state index in [-0.39, 0.29) is 31.1 Å². The van der Waals surface area contributed by atoms with E-state index in [4.69, 9.17) is 14.2 Å². The lowest BCUT2D eigenvalue weighted by Crippen LogP contribution is -2.30. The van der Waals surface area contributed by atoms with E-state index in [9.17, 15) is 14.4 Å². The second-order valence-corrected chi connectivity index (χ2v) is 19.9. The topological polar surface area (TPSA) is 78.9 Å². The molecule has 6 heteroatoms. The van der Waals surface area contributed by atoms with Crippen molar-refractivity contribution in [1.82, 2.24) is 0 Å². The van der Waals surface area contributed by atoms with Gasteiger partial charge in [0.05, 0.1) is 0 Å². The summed E-state index contributed by atoms with van der Waals surface area (Å²) >= 11 is 0. The molecular weight excluding hydrogens is 901 g/mol. The highest BCUT2D eigenvalue weighted by Gasteiger charge is 2.19. The largest absolute Gasteiger partial charge is 0.462 e. The summed E-state index contributed by atoms with van der Waals surface area (Å²) in [5.74, 6) is -0.908. The van der Waals surface area contributed by atoms with Crippen molar-refractivity contribution in [2.24, 2.45) is 0 Å². The number of carbonyl (C=O) groups excluding carboxylic acids is 3. The number of carbonyl (C=O) groups is 3. The first-order valence-electron chi connectivity index (χ1n) is 30.4. The molecule has 0 aliphatic heterocycles. The summed E-state index contributed by atoms with van der Waals surface area (Å²) in [5.41, 5.74) is 0. The summed E-state index contributed by atoms with van der Waals surface area (Å²) in [5, 5.41) is 0. The fourth-order valence-electron chi connectivity index (χ4n) is 8.28. The monoisotopic (exact) mass is 1010 g/mol. The van der Waals surface area contributed by atoms with Crippen molar-refractivity contribution in [2.75, 3.05) is 13.2 Å². The van der Waals surface area contributed by atoms with Gasteiger partial charge in [0.15, 0.2) is 6.10 Å². The van der Waals surface area contributed by atoms with E-state index in [0.29, 0.717) is 19.3 Å². The van der Waals surface area contributed by atoms with Gasteiger partial charge in [0.1, 0.15) is 13.2 Å². The lowest BCUT2D eigenvalue weighted by Gasteiger charge is -2.18. The summed E-state index contributed by atoms with van der Waals surface area (Å²) in [7, 11) is 0. The van der Waals surface area contributed by atoms with Gasteiger partial charge in [-0.05, 0) is 103 Å². The van der Waals surface area contributed by atoms with Crippen molar-refractivity contribution in [3.8, 4) is 0 Å². The zero-order chi connectivity index (χ0) is 52.9. The molecule has 1 atom stereocenters. The Morgan fingerprint density at radius 1 is 0.288 bits per heavy atom. The number of hydrogen-bond acceptors (Lipinski definition) is 6. The Bertz CT molecular complexity index is 1490. The molecule has 0 aliphatic carbocycles. The molecule has 0 aromatic carbocycles. The lowest BCUT2D eigenvalue weighted by atomic mass is 10.0. The molecule has 0 spiro atoms. The minimum Gasteiger partial charge on any atom is -0.462 e. The maximum absolute atomic E-state index is 12.8. The summed E-state index contributed by atoms with van der Waals surface area (Å²) < 4.78 is 16.7. The Morgan fingerprint density at radius 3 is 0.836 bits per heavy atom. The van der Waals surface area contributed by atoms with Gasteiger partial charge in [-0.25, -0.2) is 0 Å². The maximum atomic E-state index is 12.8. The molecule has 0 heterocycles.